The Labute approximate surface area is 310 Å². The van der Waals surface area contributed by atoms with Crippen molar-refractivity contribution in [3.05, 3.63) is 105 Å². The predicted molar refractivity (Wildman–Crippen MR) is 161 cm³/mol. The van der Waals surface area contributed by atoms with Gasteiger partial charge in [-0.2, -0.15) is 0 Å². The second-order valence-electron chi connectivity index (χ2n) is 11.5. The number of aliphatic hydroxyl groups excluding tert-OH is 1. The van der Waals surface area contributed by atoms with Crippen LogP contribution in [0.15, 0.2) is 120 Å². The average Bonchev–Trinajstić information content (AvgIpc) is 3.72. The first kappa shape index (κ1) is 35.7. The van der Waals surface area contributed by atoms with Gasteiger partial charge in [0.2, 0.25) is 0 Å². The van der Waals surface area contributed by atoms with E-state index >= 15 is 0 Å². The molecule has 46 heavy (non-hydrogen) atoms. The number of hydrogen-bond donors (Lipinski definition) is 2. The number of nitrogens with zero attached hydrogens (tertiary/aromatic N) is 3. The van der Waals surface area contributed by atoms with Crippen molar-refractivity contribution < 1.29 is 88.8 Å². The maximum atomic E-state index is 13.7. The molecule has 5 aliphatic heterocycles. The zero-order chi connectivity index (χ0) is 31.6. The molecule has 0 radical (unpaired) electrons. The summed E-state index contributed by atoms with van der Waals surface area (Å²) in [6.45, 7) is 11.5. The number of Topliss-reactive ketones (excluding diaryl/α,β-unsaturated/α-hetero) is 1. The van der Waals surface area contributed by atoms with Crippen molar-refractivity contribution >= 4 is 34.9 Å². The number of allylic oxidation sites excluding steroid dienone is 11. The van der Waals surface area contributed by atoms with Crippen molar-refractivity contribution in [2.75, 3.05) is 0 Å². The molecule has 0 unspecified atom stereocenters. The van der Waals surface area contributed by atoms with Crippen molar-refractivity contribution in [2.45, 2.75) is 47.0 Å². The Hall–Kier alpha value is -3.12. The van der Waals surface area contributed by atoms with Crippen LogP contribution in [0.4, 0.5) is 0 Å². The van der Waals surface area contributed by atoms with Crippen molar-refractivity contribution in [1.29, 1.82) is 0 Å². The van der Waals surface area contributed by atoms with Crippen LogP contribution in [0.3, 0.4) is 0 Å². The molecule has 6 rings (SSSR count). The van der Waals surface area contributed by atoms with Gasteiger partial charge in [-0.1, -0.05) is 26.5 Å². The van der Waals surface area contributed by atoms with Crippen LogP contribution >= 0.6 is 0 Å². The van der Waals surface area contributed by atoms with Crippen LogP contribution in [0.5, 0.6) is 0 Å². The number of aliphatic carboxylic acids is 2. The molecule has 0 aromatic heterocycles. The molecular weight excluding hydrogens is 606 g/mol. The number of hydrogen-bond acceptors (Lipinski definition) is 10. The summed E-state index contributed by atoms with van der Waals surface area (Å²) < 4.78 is 0. The van der Waals surface area contributed by atoms with Crippen LogP contribution in [0.1, 0.15) is 47.0 Å². The van der Waals surface area contributed by atoms with E-state index in [9.17, 15) is 29.7 Å². The fourth-order valence-corrected chi connectivity index (χ4v) is 6.87. The molecule has 6 aliphatic rings. The van der Waals surface area contributed by atoms with E-state index in [0.29, 0.717) is 57.5 Å². The number of carbonyl (C=O) groups is 3. The van der Waals surface area contributed by atoms with Crippen molar-refractivity contribution in [3.63, 3.8) is 0 Å². The third kappa shape index (κ3) is 5.59. The second kappa shape index (κ2) is 13.5. The van der Waals surface area contributed by atoms with Gasteiger partial charge in [0.1, 0.15) is 0 Å². The van der Waals surface area contributed by atoms with Crippen molar-refractivity contribution in [1.82, 2.24) is 5.32 Å². The van der Waals surface area contributed by atoms with Crippen LogP contribution in [0, 0.1) is 17.8 Å². The summed E-state index contributed by atoms with van der Waals surface area (Å²) >= 11 is 0. The summed E-state index contributed by atoms with van der Waals surface area (Å²) in [5, 5.41) is 37.6. The SMILES string of the molecule is C=CC1=C(C)C2=NC1=CC1=NC(=C(CC)/C1=C/O)C=C1N=C3C(=C1C)C(=O)[C@H](C(=O)[O-])C3=C1NC(=C2)[C@@H](C)[C@@H]1CCC(=O)[O-].[Na+].[Na+]. The second-order valence-corrected chi connectivity index (χ2v) is 11.5. The molecule has 2 N–H and O–H groups in total. The Kier molecular flexibility index (Phi) is 10.5. The van der Waals surface area contributed by atoms with Gasteiger partial charge in [0.15, 0.2) is 5.78 Å². The molecule has 5 heterocycles. The number of carboxylic acids is 2. The third-order valence-corrected chi connectivity index (χ3v) is 9.19. The first-order valence-corrected chi connectivity index (χ1v) is 14.5. The molecule has 8 bridgehead atoms. The Balaban J connectivity index is 0.00000240. The van der Waals surface area contributed by atoms with Gasteiger partial charge in [-0.3, -0.25) is 4.79 Å². The van der Waals surface area contributed by atoms with Gasteiger partial charge in [0, 0.05) is 51.5 Å². The zero-order valence-corrected chi connectivity index (χ0v) is 30.8. The summed E-state index contributed by atoms with van der Waals surface area (Å²) in [6, 6.07) is 0. The largest absolute Gasteiger partial charge is 1.00 e. The minimum atomic E-state index is -1.60. The molecule has 1 saturated heterocycles. The molecule has 0 aromatic carbocycles. The van der Waals surface area contributed by atoms with E-state index in [2.05, 4.69) is 11.9 Å². The minimum absolute atomic E-state index is 0. The van der Waals surface area contributed by atoms with E-state index in [1.54, 1.807) is 25.2 Å². The minimum Gasteiger partial charge on any atom is -0.550 e. The van der Waals surface area contributed by atoms with Crippen LogP contribution in [0.25, 0.3) is 0 Å². The van der Waals surface area contributed by atoms with Crippen molar-refractivity contribution in [3.8, 4) is 0 Å². The Morgan fingerprint density at radius 2 is 1.76 bits per heavy atom. The Bertz CT molecular complexity index is 1860. The van der Waals surface area contributed by atoms with E-state index in [1.165, 1.54) is 0 Å². The molecule has 1 saturated carbocycles. The predicted octanol–water partition coefficient (Wildman–Crippen LogP) is -3.46. The van der Waals surface area contributed by atoms with Crippen LogP contribution in [-0.4, -0.2) is 40.0 Å². The number of aliphatic imine (C=N–C) groups is 3. The van der Waals surface area contributed by atoms with E-state index in [-0.39, 0.29) is 94.7 Å². The quantitative estimate of drug-likeness (QED) is 0.174. The summed E-state index contributed by atoms with van der Waals surface area (Å²) in [5.41, 5.74) is 7.91. The number of nitrogens with one attached hydrogen (secondary N) is 1. The summed E-state index contributed by atoms with van der Waals surface area (Å²) in [4.78, 5) is 52.2. The van der Waals surface area contributed by atoms with Gasteiger partial charge in [-0.25, -0.2) is 15.0 Å². The summed E-state index contributed by atoms with van der Waals surface area (Å²) in [7, 11) is 0. The molecule has 12 heteroatoms. The van der Waals surface area contributed by atoms with Gasteiger partial charge in [0.25, 0.3) is 0 Å². The molecule has 0 spiro atoms. The maximum absolute atomic E-state index is 13.7. The van der Waals surface area contributed by atoms with Gasteiger partial charge in [0.05, 0.1) is 52.4 Å². The molecule has 0 amide bonds. The number of fused-ring (bicyclic) bond motifs is 5. The van der Waals surface area contributed by atoms with Crippen LogP contribution in [0.2, 0.25) is 0 Å². The molecule has 0 aromatic rings. The first-order valence-electron chi connectivity index (χ1n) is 14.5. The third-order valence-electron chi connectivity index (χ3n) is 9.19. The Morgan fingerprint density at radius 1 is 1.04 bits per heavy atom. The van der Waals surface area contributed by atoms with Crippen LogP contribution in [-0.2, 0) is 14.4 Å². The number of carbonyl (C=O) groups excluding carboxylic acids is 3. The summed E-state index contributed by atoms with van der Waals surface area (Å²) in [6.07, 6.45) is 8.55. The van der Waals surface area contributed by atoms with Gasteiger partial charge < -0.3 is 30.2 Å². The average molecular weight is 637 g/mol. The summed E-state index contributed by atoms with van der Waals surface area (Å²) in [5.74, 6) is -5.76. The molecular formula is C34H30N4Na2O6. The molecule has 10 nitrogen and oxygen atoms in total. The number of ketones is 1. The molecule has 3 atom stereocenters. The van der Waals surface area contributed by atoms with Gasteiger partial charge >= 0.3 is 59.1 Å². The standard InChI is InChI=1S/C34H32N4O6.2Na/c1-6-17-14(3)21-10-22-15(4)19(8-9-27(40)41)31(37-22)29-30(34(43)44)33(42)28-16(5)23(38-32(28)29)11-25-18(7-2)20(13-39)26(36-25)12-24(17)35-21;;/h6,10-13,15,19,30,37,39H,1,7-9H2,2-5H3,(H,40,41)(H,43,44);;/q;2*+1/p-2/b20-13-,22-10?,23-11?,24-12?,31-29?;;/t15-,19-,30+;;/m0../s1. The van der Waals surface area contributed by atoms with E-state index in [0.717, 1.165) is 23.0 Å². The van der Waals surface area contributed by atoms with Gasteiger partial charge in [-0.05, 0) is 68.1 Å². The molecule has 1 aliphatic carbocycles. The zero-order valence-electron chi connectivity index (χ0n) is 26.8. The fraction of sp³-hybridized carbons (Fsp3) is 0.294. The molecule has 2 fully saturated rings. The topological polar surface area (TPSA) is 167 Å². The number of rotatable bonds is 6. The van der Waals surface area contributed by atoms with E-state index in [1.807, 2.05) is 26.8 Å². The van der Waals surface area contributed by atoms with E-state index in [4.69, 9.17) is 15.0 Å². The smallest absolute Gasteiger partial charge is 0.550 e. The fourth-order valence-electron chi connectivity index (χ4n) is 6.87. The molecule has 224 valence electrons. The van der Waals surface area contributed by atoms with E-state index < -0.39 is 29.6 Å². The van der Waals surface area contributed by atoms with Crippen molar-refractivity contribution in [2.24, 2.45) is 32.7 Å². The number of aliphatic hydroxyl groups is 1. The monoisotopic (exact) mass is 636 g/mol. The normalized spacial score (nSPS) is 25.4. The Morgan fingerprint density at radius 3 is 2.37 bits per heavy atom. The van der Waals surface area contributed by atoms with Gasteiger partial charge in [-0.15, -0.1) is 0 Å². The van der Waals surface area contributed by atoms with Crippen LogP contribution < -0.4 is 74.6 Å². The maximum Gasteiger partial charge on any atom is 1.00 e. The first-order chi connectivity index (χ1) is 21.0. The number of carboxylic acid groups (broad SMARTS) is 2.